The molecule has 0 amide bonds. The molecule has 0 unspecified atom stereocenters. The van der Waals surface area contributed by atoms with Crippen molar-refractivity contribution < 1.29 is 0 Å². The van der Waals surface area contributed by atoms with Crippen molar-refractivity contribution in [3.8, 4) is 11.3 Å². The second kappa shape index (κ2) is 5.86. The molecule has 4 aromatic rings. The average Bonchev–Trinajstić information content (AvgIpc) is 3.03. The number of H-pyrrole nitrogens is 1. The van der Waals surface area contributed by atoms with E-state index in [2.05, 4.69) is 15.1 Å². The van der Waals surface area contributed by atoms with Crippen LogP contribution in [0.25, 0.3) is 22.3 Å². The number of nitrogens with one attached hydrogen (secondary N) is 1. The van der Waals surface area contributed by atoms with E-state index in [0.29, 0.717) is 17.6 Å². The van der Waals surface area contributed by atoms with Gasteiger partial charge in [-0.2, -0.15) is 5.10 Å². The molecule has 1 aromatic carbocycles. The van der Waals surface area contributed by atoms with Gasteiger partial charge in [0.2, 0.25) is 0 Å². The molecule has 0 saturated carbocycles. The first kappa shape index (κ1) is 15.1. The smallest absolute Gasteiger partial charge is 0.290 e. The molecule has 0 aliphatic carbocycles. The van der Waals surface area contributed by atoms with E-state index >= 15 is 0 Å². The zero-order valence-corrected chi connectivity index (χ0v) is 13.5. The molecule has 0 radical (unpaired) electrons. The topological polar surface area (TPSA) is 85.6 Å². The van der Waals surface area contributed by atoms with E-state index < -0.39 is 5.69 Å². The highest BCUT2D eigenvalue weighted by Gasteiger charge is 2.09. The first-order valence-electron chi connectivity index (χ1n) is 7.78. The van der Waals surface area contributed by atoms with Gasteiger partial charge in [-0.3, -0.25) is 24.0 Å². The Balaban J connectivity index is 1.64. The summed E-state index contributed by atoms with van der Waals surface area (Å²) in [6, 6.07) is 13.8. The normalized spacial score (nSPS) is 11.1. The Hall–Kier alpha value is -3.48. The Morgan fingerprint density at radius 1 is 1.08 bits per heavy atom. The molecule has 25 heavy (non-hydrogen) atoms. The van der Waals surface area contributed by atoms with Gasteiger partial charge in [0.1, 0.15) is 5.39 Å². The fourth-order valence-electron chi connectivity index (χ4n) is 2.71. The molecule has 3 heterocycles. The largest absolute Gasteiger partial charge is 0.329 e. The first-order chi connectivity index (χ1) is 12.1. The second-order valence-corrected chi connectivity index (χ2v) is 5.80. The van der Waals surface area contributed by atoms with Crippen LogP contribution in [0.15, 0.2) is 64.4 Å². The van der Waals surface area contributed by atoms with Gasteiger partial charge in [0.25, 0.3) is 5.56 Å². The van der Waals surface area contributed by atoms with Crippen LogP contribution in [-0.2, 0) is 13.6 Å². The molecule has 0 aliphatic rings. The predicted molar refractivity (Wildman–Crippen MR) is 94.4 cm³/mol. The van der Waals surface area contributed by atoms with Gasteiger partial charge < -0.3 is 0 Å². The maximum atomic E-state index is 12.1. The Kier molecular flexibility index (Phi) is 3.53. The van der Waals surface area contributed by atoms with E-state index in [1.165, 1.54) is 7.05 Å². The van der Waals surface area contributed by atoms with Gasteiger partial charge in [0, 0.05) is 25.0 Å². The predicted octanol–water partition coefficient (Wildman–Crippen LogP) is 1.53. The molecule has 4 rings (SSSR count). The van der Waals surface area contributed by atoms with Crippen molar-refractivity contribution >= 4 is 11.0 Å². The molecule has 3 aromatic heterocycles. The molecule has 1 N–H and O–H groups in total. The third-order valence-electron chi connectivity index (χ3n) is 4.09. The quantitative estimate of drug-likeness (QED) is 0.616. The van der Waals surface area contributed by atoms with Crippen LogP contribution in [0.3, 0.4) is 0 Å². The lowest BCUT2D eigenvalue weighted by Crippen LogP contribution is -2.31. The summed E-state index contributed by atoms with van der Waals surface area (Å²) >= 11 is 0. The molecule has 124 valence electrons. The lowest BCUT2D eigenvalue weighted by Gasteiger charge is -2.04. The van der Waals surface area contributed by atoms with Crippen molar-refractivity contribution in [3.05, 3.63) is 81.3 Å². The molecule has 0 atom stereocenters. The number of fused-ring (bicyclic) bond motifs is 1. The van der Waals surface area contributed by atoms with Gasteiger partial charge in [-0.25, -0.2) is 4.79 Å². The maximum Gasteiger partial charge on any atom is 0.329 e. The Morgan fingerprint density at radius 2 is 1.88 bits per heavy atom. The minimum absolute atomic E-state index is 0.304. The van der Waals surface area contributed by atoms with E-state index in [0.717, 1.165) is 21.4 Å². The van der Waals surface area contributed by atoms with Crippen LogP contribution in [-0.4, -0.2) is 24.3 Å². The molecule has 0 saturated heterocycles. The van der Waals surface area contributed by atoms with Crippen molar-refractivity contribution in [2.24, 2.45) is 7.05 Å². The SMILES string of the molecule is Cn1c(=O)[nH]c2nn(Cc3ccc(-c4ccccn4)cc3)cc2c1=O. The lowest BCUT2D eigenvalue weighted by atomic mass is 10.1. The van der Waals surface area contributed by atoms with Crippen molar-refractivity contribution in [3.63, 3.8) is 0 Å². The lowest BCUT2D eigenvalue weighted by molar-refractivity contribution is 0.692. The molecule has 0 spiro atoms. The minimum atomic E-state index is -0.470. The van der Waals surface area contributed by atoms with Crippen LogP contribution in [0.2, 0.25) is 0 Å². The van der Waals surface area contributed by atoms with Gasteiger partial charge in [-0.05, 0) is 17.7 Å². The molecule has 7 heteroatoms. The van der Waals surface area contributed by atoms with Crippen molar-refractivity contribution in [2.45, 2.75) is 6.54 Å². The van der Waals surface area contributed by atoms with Crippen molar-refractivity contribution in [1.82, 2.24) is 24.3 Å². The summed E-state index contributed by atoms with van der Waals surface area (Å²) in [5.41, 5.74) is 2.47. The fourth-order valence-corrected chi connectivity index (χ4v) is 2.71. The van der Waals surface area contributed by atoms with Gasteiger partial charge in [-0.15, -0.1) is 0 Å². The van der Waals surface area contributed by atoms with Crippen LogP contribution in [0.1, 0.15) is 5.56 Å². The highest BCUT2D eigenvalue weighted by molar-refractivity contribution is 5.72. The summed E-state index contributed by atoms with van der Waals surface area (Å²) in [6.07, 6.45) is 3.42. The van der Waals surface area contributed by atoms with E-state index in [1.54, 1.807) is 17.1 Å². The molecule has 0 aliphatic heterocycles. The van der Waals surface area contributed by atoms with Crippen molar-refractivity contribution in [1.29, 1.82) is 0 Å². The van der Waals surface area contributed by atoms with Crippen LogP contribution in [0.4, 0.5) is 0 Å². The monoisotopic (exact) mass is 333 g/mol. The average molecular weight is 333 g/mol. The van der Waals surface area contributed by atoms with Crippen LogP contribution in [0.5, 0.6) is 0 Å². The van der Waals surface area contributed by atoms with Crippen LogP contribution < -0.4 is 11.2 Å². The number of nitrogens with zero attached hydrogens (tertiary/aromatic N) is 4. The summed E-state index contributed by atoms with van der Waals surface area (Å²) in [4.78, 5) is 30.7. The number of aromatic nitrogens is 5. The minimum Gasteiger partial charge on any atom is -0.290 e. The first-order valence-corrected chi connectivity index (χ1v) is 7.78. The third kappa shape index (κ3) is 2.76. The van der Waals surface area contributed by atoms with Gasteiger partial charge in [0.05, 0.1) is 12.2 Å². The summed E-state index contributed by atoms with van der Waals surface area (Å²) in [6.45, 7) is 0.502. The van der Waals surface area contributed by atoms with E-state index in [4.69, 9.17) is 0 Å². The standard InChI is InChI=1S/C18H15N5O2/c1-22-17(24)14-11-23(21-16(14)20-18(22)25)10-12-5-7-13(8-6-12)15-4-2-3-9-19-15/h2-9,11H,10H2,1H3,(H,20,21,25). The number of benzene rings is 1. The fraction of sp³-hybridized carbons (Fsp3) is 0.111. The Bertz CT molecular complexity index is 1150. The third-order valence-corrected chi connectivity index (χ3v) is 4.09. The van der Waals surface area contributed by atoms with Gasteiger partial charge in [0.15, 0.2) is 5.65 Å². The number of aromatic amines is 1. The van der Waals surface area contributed by atoms with E-state index in [-0.39, 0.29) is 5.56 Å². The van der Waals surface area contributed by atoms with Crippen molar-refractivity contribution in [2.75, 3.05) is 0 Å². The van der Waals surface area contributed by atoms with Gasteiger partial charge in [-0.1, -0.05) is 30.3 Å². The molecule has 7 nitrogen and oxygen atoms in total. The molecule has 0 bridgehead atoms. The maximum absolute atomic E-state index is 12.1. The summed E-state index contributed by atoms with van der Waals surface area (Å²) < 4.78 is 2.69. The highest BCUT2D eigenvalue weighted by atomic mass is 16.2. The number of hydrogen-bond acceptors (Lipinski definition) is 4. The van der Waals surface area contributed by atoms with E-state index in [1.807, 2.05) is 42.5 Å². The zero-order valence-electron chi connectivity index (χ0n) is 13.5. The second-order valence-electron chi connectivity index (χ2n) is 5.80. The number of pyridine rings is 1. The Labute approximate surface area is 142 Å². The zero-order chi connectivity index (χ0) is 17.4. The van der Waals surface area contributed by atoms with E-state index in [9.17, 15) is 9.59 Å². The number of hydrogen-bond donors (Lipinski definition) is 1. The molecular weight excluding hydrogens is 318 g/mol. The Morgan fingerprint density at radius 3 is 2.60 bits per heavy atom. The van der Waals surface area contributed by atoms with Gasteiger partial charge >= 0.3 is 5.69 Å². The summed E-state index contributed by atoms with van der Waals surface area (Å²) in [5, 5.41) is 4.68. The molecule has 0 fully saturated rings. The number of rotatable bonds is 3. The van der Waals surface area contributed by atoms with Crippen LogP contribution in [0, 0.1) is 0 Å². The molecular formula is C18H15N5O2. The van der Waals surface area contributed by atoms with Crippen LogP contribution >= 0.6 is 0 Å². The highest BCUT2D eigenvalue weighted by Crippen LogP contribution is 2.17. The summed E-state index contributed by atoms with van der Waals surface area (Å²) in [5.74, 6) is 0. The summed E-state index contributed by atoms with van der Waals surface area (Å²) in [7, 11) is 1.44.